The topological polar surface area (TPSA) is 83.0 Å². The summed E-state index contributed by atoms with van der Waals surface area (Å²) in [7, 11) is 1.78. The van der Waals surface area contributed by atoms with Crippen LogP contribution in [0.25, 0.3) is 11.0 Å². The van der Waals surface area contributed by atoms with Gasteiger partial charge in [0, 0.05) is 38.9 Å². The van der Waals surface area contributed by atoms with Gasteiger partial charge in [0.05, 0.1) is 11.8 Å². The Balaban J connectivity index is 0.00000182. The van der Waals surface area contributed by atoms with Crippen molar-refractivity contribution < 1.29 is 4.79 Å². The maximum Gasteiger partial charge on any atom is 0.273 e. The predicted molar refractivity (Wildman–Crippen MR) is 98.2 cm³/mol. The highest BCUT2D eigenvalue weighted by atomic mass is 35.5. The molecule has 4 rings (SSSR count). The largest absolute Gasteiger partial charge is 0.342 e. The number of pyridine rings is 1. The molecule has 4 heterocycles. The lowest BCUT2D eigenvalue weighted by molar-refractivity contribution is -0.129. The zero-order chi connectivity index (χ0) is 17.0. The van der Waals surface area contributed by atoms with E-state index in [1.807, 2.05) is 18.7 Å². The average Bonchev–Trinajstić information content (AvgIpc) is 3.17. The summed E-state index contributed by atoms with van der Waals surface area (Å²) in [5.41, 5.74) is 3.08. The number of nitrogens with one attached hydrogen (secondary N) is 2. The van der Waals surface area contributed by atoms with Gasteiger partial charge in [-0.1, -0.05) is 0 Å². The third-order valence-electron chi connectivity index (χ3n) is 5.65. The number of fused-ring (bicyclic) bond motifs is 2. The van der Waals surface area contributed by atoms with Gasteiger partial charge in [-0.2, -0.15) is 0 Å². The van der Waals surface area contributed by atoms with Crippen molar-refractivity contribution in [1.29, 1.82) is 0 Å². The van der Waals surface area contributed by atoms with Gasteiger partial charge in [0.2, 0.25) is 5.91 Å². The second-order valence-corrected chi connectivity index (χ2v) is 7.15. The van der Waals surface area contributed by atoms with Gasteiger partial charge in [0.25, 0.3) is 5.56 Å². The van der Waals surface area contributed by atoms with Gasteiger partial charge in [-0.15, -0.1) is 12.4 Å². The van der Waals surface area contributed by atoms with Gasteiger partial charge < -0.3 is 10.2 Å². The number of aromatic nitrogens is 3. The molecule has 2 fully saturated rings. The number of rotatable bonds is 2. The molecule has 25 heavy (non-hydrogen) atoms. The van der Waals surface area contributed by atoms with Crippen LogP contribution in [0.2, 0.25) is 0 Å². The van der Waals surface area contributed by atoms with Crippen LogP contribution < -0.4 is 10.9 Å². The van der Waals surface area contributed by atoms with Crippen molar-refractivity contribution in [3.8, 4) is 0 Å². The number of aromatic amines is 1. The number of carbonyl (C=O) groups excluding carboxylic acids is 1. The number of hydrogen-bond acceptors (Lipinski definition) is 4. The molecule has 0 saturated carbocycles. The van der Waals surface area contributed by atoms with Gasteiger partial charge in [0.1, 0.15) is 0 Å². The lowest BCUT2D eigenvalue weighted by Gasteiger charge is -2.19. The summed E-state index contributed by atoms with van der Waals surface area (Å²) in [5.74, 6) is 1.33. The van der Waals surface area contributed by atoms with Crippen molar-refractivity contribution >= 4 is 29.3 Å². The van der Waals surface area contributed by atoms with E-state index in [0.717, 1.165) is 43.0 Å². The van der Waals surface area contributed by atoms with Gasteiger partial charge in [-0.05, 0) is 36.8 Å². The predicted octanol–water partition coefficient (Wildman–Crippen LogP) is 0.521. The molecule has 1 amide bonds. The van der Waals surface area contributed by atoms with Crippen molar-refractivity contribution in [3.63, 3.8) is 0 Å². The molecule has 0 radical (unpaired) electrons. The standard InChI is InChI=1S/C17H23N5O2.ClH/c1-9-13(10(2)19-16-15(9)17(24)20-21(16)3)4-14(23)22-7-11-5-18-6-12(11)8-22;/h11-12,18H,4-8H2,1-3H3,(H,20,24);1H/t11-,12+;. The molecule has 0 unspecified atom stereocenters. The van der Waals surface area contributed by atoms with Crippen LogP contribution in [0.15, 0.2) is 4.79 Å². The molecule has 2 aliphatic rings. The van der Waals surface area contributed by atoms with E-state index in [2.05, 4.69) is 15.4 Å². The SMILES string of the molecule is Cc1nc2c(c(C)c1CC(=O)N1C[C@H]3CNC[C@H]3C1)c(=O)[nH]n2C.Cl. The third kappa shape index (κ3) is 2.85. The minimum atomic E-state index is -0.145. The van der Waals surface area contributed by atoms with Gasteiger partial charge in [-0.25, -0.2) is 4.98 Å². The van der Waals surface area contributed by atoms with Crippen molar-refractivity contribution in [2.45, 2.75) is 20.3 Å². The first kappa shape index (κ1) is 17.9. The van der Waals surface area contributed by atoms with Crippen molar-refractivity contribution in [1.82, 2.24) is 25.0 Å². The molecule has 0 spiro atoms. The molecule has 2 N–H and O–H groups in total. The highest BCUT2D eigenvalue weighted by molar-refractivity contribution is 5.85. The first-order valence-electron chi connectivity index (χ1n) is 8.49. The number of hydrogen-bond donors (Lipinski definition) is 2. The van der Waals surface area contributed by atoms with Crippen LogP contribution >= 0.6 is 12.4 Å². The Morgan fingerprint density at radius 1 is 1.24 bits per heavy atom. The number of aryl methyl sites for hydroxylation is 3. The third-order valence-corrected chi connectivity index (χ3v) is 5.65. The molecule has 0 aliphatic carbocycles. The van der Waals surface area contributed by atoms with E-state index < -0.39 is 0 Å². The smallest absolute Gasteiger partial charge is 0.273 e. The summed E-state index contributed by atoms with van der Waals surface area (Å²) >= 11 is 0. The van der Waals surface area contributed by atoms with Gasteiger partial charge in [0.15, 0.2) is 5.65 Å². The number of carbonyl (C=O) groups is 1. The van der Waals surface area contributed by atoms with Gasteiger partial charge >= 0.3 is 0 Å². The maximum absolute atomic E-state index is 12.8. The second-order valence-electron chi connectivity index (χ2n) is 7.15. The number of halogens is 1. The van der Waals surface area contributed by atoms with E-state index in [-0.39, 0.29) is 23.9 Å². The molecule has 8 heteroatoms. The summed E-state index contributed by atoms with van der Waals surface area (Å²) in [4.78, 5) is 31.4. The summed E-state index contributed by atoms with van der Waals surface area (Å²) in [6.45, 7) is 7.54. The Bertz CT molecular complexity index is 875. The Hall–Kier alpha value is -1.86. The molecular formula is C17H24ClN5O2. The van der Waals surface area contributed by atoms with Crippen LogP contribution in [0.4, 0.5) is 0 Å². The molecule has 136 valence electrons. The number of H-pyrrole nitrogens is 1. The van der Waals surface area contributed by atoms with Gasteiger partial charge in [-0.3, -0.25) is 19.4 Å². The number of nitrogens with zero attached hydrogens (tertiary/aromatic N) is 3. The molecule has 2 aliphatic heterocycles. The highest BCUT2D eigenvalue weighted by Crippen LogP contribution is 2.27. The Morgan fingerprint density at radius 2 is 1.88 bits per heavy atom. The minimum Gasteiger partial charge on any atom is -0.342 e. The zero-order valence-electron chi connectivity index (χ0n) is 14.8. The van der Waals surface area contributed by atoms with E-state index >= 15 is 0 Å². The van der Waals surface area contributed by atoms with E-state index in [0.29, 0.717) is 29.3 Å². The Kier molecular flexibility index (Phi) is 4.64. The second kappa shape index (κ2) is 6.46. The normalized spacial score (nSPS) is 22.3. The van der Waals surface area contributed by atoms with Crippen LogP contribution in [0, 0.1) is 25.7 Å². The first-order valence-corrected chi connectivity index (χ1v) is 8.49. The summed E-state index contributed by atoms with van der Waals surface area (Å²) in [6, 6.07) is 0. The Labute approximate surface area is 152 Å². The van der Waals surface area contributed by atoms with E-state index in [4.69, 9.17) is 0 Å². The summed E-state index contributed by atoms with van der Waals surface area (Å²) in [5, 5.41) is 6.73. The minimum absolute atomic E-state index is 0. The highest BCUT2D eigenvalue weighted by Gasteiger charge is 2.38. The first-order chi connectivity index (χ1) is 11.5. The summed E-state index contributed by atoms with van der Waals surface area (Å²) in [6.07, 6.45) is 0.321. The molecule has 0 bridgehead atoms. The number of likely N-dealkylation sites (tertiary alicyclic amines) is 1. The van der Waals surface area contributed by atoms with Crippen molar-refractivity contribution in [2.75, 3.05) is 26.2 Å². The quantitative estimate of drug-likeness (QED) is 0.812. The van der Waals surface area contributed by atoms with Crippen LogP contribution in [0.5, 0.6) is 0 Å². The molecule has 2 aromatic rings. The van der Waals surface area contributed by atoms with Crippen LogP contribution in [-0.2, 0) is 18.3 Å². The fourth-order valence-corrected chi connectivity index (χ4v) is 4.23. The zero-order valence-corrected chi connectivity index (χ0v) is 15.6. The number of amides is 1. The van der Waals surface area contributed by atoms with Crippen LogP contribution in [0.1, 0.15) is 16.8 Å². The molecule has 2 atom stereocenters. The van der Waals surface area contributed by atoms with Crippen LogP contribution in [-0.4, -0.2) is 51.8 Å². The lowest BCUT2D eigenvalue weighted by Crippen LogP contribution is -2.33. The molecule has 7 nitrogen and oxygen atoms in total. The lowest BCUT2D eigenvalue weighted by atomic mass is 10.0. The summed E-state index contributed by atoms with van der Waals surface area (Å²) < 4.78 is 1.64. The molecule has 2 saturated heterocycles. The fraction of sp³-hybridized carbons (Fsp3) is 0.588. The fourth-order valence-electron chi connectivity index (χ4n) is 4.23. The molecular weight excluding hydrogens is 342 g/mol. The maximum atomic E-state index is 12.8. The van der Waals surface area contributed by atoms with E-state index in [9.17, 15) is 9.59 Å². The van der Waals surface area contributed by atoms with Crippen molar-refractivity contribution in [2.24, 2.45) is 18.9 Å². The van der Waals surface area contributed by atoms with E-state index in [1.165, 1.54) is 0 Å². The average molecular weight is 366 g/mol. The monoisotopic (exact) mass is 365 g/mol. The van der Waals surface area contributed by atoms with Crippen molar-refractivity contribution in [3.05, 3.63) is 27.2 Å². The molecule has 0 aromatic carbocycles. The Morgan fingerprint density at radius 3 is 2.52 bits per heavy atom. The molecule has 2 aromatic heterocycles. The van der Waals surface area contributed by atoms with Crippen LogP contribution in [0.3, 0.4) is 0 Å². The van der Waals surface area contributed by atoms with E-state index in [1.54, 1.807) is 11.7 Å².